The molecule has 0 amide bonds. The van der Waals surface area contributed by atoms with Crippen molar-refractivity contribution in [2.24, 2.45) is 4.99 Å². The third kappa shape index (κ3) is 4.68. The summed E-state index contributed by atoms with van der Waals surface area (Å²) in [5.74, 6) is 0.431. The highest BCUT2D eigenvalue weighted by atomic mass is 15.3. The Labute approximate surface area is 145 Å². The molecule has 1 aromatic carbocycles. The number of nitrogens with one attached hydrogen (secondary N) is 2. The number of hydrogen-bond acceptors (Lipinski definition) is 4. The van der Waals surface area contributed by atoms with E-state index in [-0.39, 0.29) is 0 Å². The smallest absolute Gasteiger partial charge is 0.209 e. The molecule has 2 aromatic heterocycles. The van der Waals surface area contributed by atoms with Crippen LogP contribution >= 0.6 is 0 Å². The first-order valence-corrected chi connectivity index (χ1v) is 7.87. The number of guanidine groups is 1. The van der Waals surface area contributed by atoms with Gasteiger partial charge in [0.1, 0.15) is 0 Å². The summed E-state index contributed by atoms with van der Waals surface area (Å²) >= 11 is 0. The molecule has 0 aliphatic rings. The van der Waals surface area contributed by atoms with Gasteiger partial charge in [0.2, 0.25) is 5.96 Å². The Hall–Kier alpha value is -3.60. The number of aliphatic imine (C=N–C) groups is 1. The number of aromatic nitrogens is 4. The fourth-order valence-electron chi connectivity index (χ4n) is 2.28. The number of hydrogen-bond donors (Lipinski definition) is 2. The zero-order valence-electron chi connectivity index (χ0n) is 13.6. The average molecular weight is 334 g/mol. The van der Waals surface area contributed by atoms with Crippen LogP contribution in [-0.4, -0.2) is 31.8 Å². The fraction of sp³-hybridized carbons (Fsp3) is 0.176. The van der Waals surface area contributed by atoms with Gasteiger partial charge in [-0.15, -0.1) is 0 Å². The minimum atomic E-state index is 0.431. The number of nitrogens with zero attached hydrogens (tertiary/aromatic N) is 6. The molecule has 2 N–H and O–H groups in total. The van der Waals surface area contributed by atoms with Gasteiger partial charge < -0.3 is 9.88 Å². The lowest BCUT2D eigenvalue weighted by Crippen LogP contribution is -2.27. The Morgan fingerprint density at radius 3 is 2.76 bits per heavy atom. The van der Waals surface area contributed by atoms with E-state index in [2.05, 4.69) is 25.7 Å². The molecule has 0 saturated heterocycles. The third-order valence-electron chi connectivity index (χ3n) is 3.48. The second kappa shape index (κ2) is 8.31. The van der Waals surface area contributed by atoms with Gasteiger partial charge in [-0.25, -0.2) is 9.67 Å². The summed E-state index contributed by atoms with van der Waals surface area (Å²) < 4.78 is 3.77. The molecule has 0 aliphatic carbocycles. The lowest BCUT2D eigenvalue weighted by molar-refractivity contribution is 0.650. The van der Waals surface area contributed by atoms with Gasteiger partial charge in [-0.1, -0.05) is 0 Å². The first-order chi connectivity index (χ1) is 12.3. The maximum atomic E-state index is 8.88. The van der Waals surface area contributed by atoms with Crippen LogP contribution in [0.1, 0.15) is 6.42 Å². The number of rotatable bonds is 6. The van der Waals surface area contributed by atoms with E-state index in [4.69, 9.17) is 5.26 Å². The molecule has 0 atom stereocenters. The second-order valence-electron chi connectivity index (χ2n) is 5.24. The molecular weight excluding hydrogens is 316 g/mol. The van der Waals surface area contributed by atoms with Crippen LogP contribution in [0.5, 0.6) is 0 Å². The number of nitriles is 1. The van der Waals surface area contributed by atoms with Crippen molar-refractivity contribution in [1.29, 1.82) is 5.26 Å². The van der Waals surface area contributed by atoms with Crippen molar-refractivity contribution in [2.45, 2.75) is 13.0 Å². The molecule has 0 spiro atoms. The zero-order chi connectivity index (χ0) is 17.3. The highest BCUT2D eigenvalue weighted by Crippen LogP contribution is 2.12. The van der Waals surface area contributed by atoms with Crippen LogP contribution in [0, 0.1) is 11.5 Å². The van der Waals surface area contributed by atoms with E-state index in [0.29, 0.717) is 12.5 Å². The van der Waals surface area contributed by atoms with Gasteiger partial charge in [-0.05, 0) is 36.8 Å². The van der Waals surface area contributed by atoms with E-state index in [1.165, 1.54) is 0 Å². The van der Waals surface area contributed by atoms with E-state index >= 15 is 0 Å². The molecule has 0 unspecified atom stereocenters. The van der Waals surface area contributed by atoms with Crippen molar-refractivity contribution in [3.05, 3.63) is 61.4 Å². The molecule has 126 valence electrons. The third-order valence-corrected chi connectivity index (χ3v) is 3.48. The average Bonchev–Trinajstić information content (AvgIpc) is 3.33. The van der Waals surface area contributed by atoms with Gasteiger partial charge in [-0.3, -0.25) is 10.3 Å². The second-order valence-corrected chi connectivity index (χ2v) is 5.24. The zero-order valence-corrected chi connectivity index (χ0v) is 13.6. The SMILES string of the molecule is N#CNC(=NCCCn1ccnc1)Nc1ccc(-n2cccn2)cc1. The Balaban J connectivity index is 1.57. The molecule has 25 heavy (non-hydrogen) atoms. The van der Waals surface area contributed by atoms with Crippen molar-refractivity contribution in [3.8, 4) is 11.9 Å². The maximum Gasteiger partial charge on any atom is 0.209 e. The van der Waals surface area contributed by atoms with Gasteiger partial charge >= 0.3 is 0 Å². The van der Waals surface area contributed by atoms with Crippen molar-refractivity contribution in [1.82, 2.24) is 24.6 Å². The first kappa shape index (κ1) is 16.3. The molecule has 3 rings (SSSR count). The fourth-order valence-corrected chi connectivity index (χ4v) is 2.28. The molecule has 8 heteroatoms. The Morgan fingerprint density at radius 1 is 1.20 bits per heavy atom. The van der Waals surface area contributed by atoms with Crippen LogP contribution in [0.3, 0.4) is 0 Å². The molecule has 8 nitrogen and oxygen atoms in total. The summed E-state index contributed by atoms with van der Waals surface area (Å²) in [6.45, 7) is 1.43. The van der Waals surface area contributed by atoms with Crippen LogP contribution in [0.25, 0.3) is 5.69 Å². The predicted octanol–water partition coefficient (Wildman–Crippen LogP) is 2.00. The molecule has 0 radical (unpaired) electrons. The molecule has 0 bridgehead atoms. The molecule has 0 saturated carbocycles. The minimum absolute atomic E-state index is 0.431. The highest BCUT2D eigenvalue weighted by Gasteiger charge is 2.01. The van der Waals surface area contributed by atoms with Crippen molar-refractivity contribution < 1.29 is 0 Å². The summed E-state index contributed by atoms with van der Waals surface area (Å²) in [6.07, 6.45) is 11.8. The Kier molecular flexibility index (Phi) is 5.40. The summed E-state index contributed by atoms with van der Waals surface area (Å²) in [6, 6.07) is 9.59. The standard InChI is InChI=1S/C17H18N8/c18-13-21-17(20-7-1-10-24-12-9-19-14-24)23-15-3-5-16(6-4-15)25-11-2-8-22-25/h2-6,8-9,11-12,14H,1,7,10H2,(H2,20,21,23). The lowest BCUT2D eigenvalue weighted by Gasteiger charge is -2.09. The van der Waals surface area contributed by atoms with Gasteiger partial charge in [0.15, 0.2) is 6.19 Å². The number of anilines is 1. The van der Waals surface area contributed by atoms with E-state index < -0.39 is 0 Å². The maximum absolute atomic E-state index is 8.88. The van der Waals surface area contributed by atoms with Crippen LogP contribution in [0.15, 0.2) is 66.4 Å². The van der Waals surface area contributed by atoms with E-state index in [9.17, 15) is 0 Å². The van der Waals surface area contributed by atoms with E-state index in [0.717, 1.165) is 24.3 Å². The molecule has 3 aromatic rings. The summed E-state index contributed by atoms with van der Waals surface area (Å²) in [5, 5.41) is 18.8. The minimum Gasteiger partial charge on any atom is -0.337 e. The van der Waals surface area contributed by atoms with Gasteiger partial charge in [0, 0.05) is 43.6 Å². The van der Waals surface area contributed by atoms with Crippen molar-refractivity contribution in [2.75, 3.05) is 11.9 Å². The molecular formula is C17H18N8. The number of imidazole rings is 1. The van der Waals surface area contributed by atoms with Crippen LogP contribution in [0.2, 0.25) is 0 Å². The Bertz CT molecular complexity index is 826. The summed E-state index contributed by atoms with van der Waals surface area (Å²) in [4.78, 5) is 8.40. The predicted molar refractivity (Wildman–Crippen MR) is 95.1 cm³/mol. The van der Waals surface area contributed by atoms with Crippen molar-refractivity contribution >= 4 is 11.6 Å². The lowest BCUT2D eigenvalue weighted by atomic mass is 10.3. The normalized spacial score (nSPS) is 11.1. The first-order valence-electron chi connectivity index (χ1n) is 7.87. The molecule has 0 aliphatic heterocycles. The molecule has 2 heterocycles. The van der Waals surface area contributed by atoms with E-state index in [1.54, 1.807) is 23.4 Å². The summed E-state index contributed by atoms with van der Waals surface area (Å²) in [5.41, 5.74) is 1.80. The summed E-state index contributed by atoms with van der Waals surface area (Å²) in [7, 11) is 0. The quantitative estimate of drug-likeness (QED) is 0.236. The van der Waals surface area contributed by atoms with Crippen LogP contribution in [-0.2, 0) is 6.54 Å². The molecule has 0 fully saturated rings. The van der Waals surface area contributed by atoms with Gasteiger partial charge in [-0.2, -0.15) is 10.4 Å². The largest absolute Gasteiger partial charge is 0.337 e. The highest BCUT2D eigenvalue weighted by molar-refractivity contribution is 5.94. The van der Waals surface area contributed by atoms with Gasteiger partial charge in [0.25, 0.3) is 0 Å². The van der Waals surface area contributed by atoms with Crippen molar-refractivity contribution in [3.63, 3.8) is 0 Å². The topological polar surface area (TPSA) is 95.9 Å². The monoisotopic (exact) mass is 334 g/mol. The number of benzene rings is 1. The van der Waals surface area contributed by atoms with Crippen LogP contribution in [0.4, 0.5) is 5.69 Å². The van der Waals surface area contributed by atoms with E-state index in [1.807, 2.05) is 53.5 Å². The number of aryl methyl sites for hydroxylation is 1. The van der Waals surface area contributed by atoms with Gasteiger partial charge in [0.05, 0.1) is 12.0 Å². The Morgan fingerprint density at radius 2 is 2.08 bits per heavy atom. The van der Waals surface area contributed by atoms with Crippen LogP contribution < -0.4 is 10.6 Å².